The van der Waals surface area contributed by atoms with Crippen molar-refractivity contribution in [3.05, 3.63) is 41.7 Å². The summed E-state index contributed by atoms with van der Waals surface area (Å²) in [5.41, 5.74) is -3.49. The largest absolute Gasteiger partial charge is 0.459 e. The second kappa shape index (κ2) is 26.0. The lowest BCUT2D eigenvalue weighted by molar-refractivity contribution is -0.318. The van der Waals surface area contributed by atoms with Crippen molar-refractivity contribution in [2.45, 2.75) is 222 Å². The Morgan fingerprint density at radius 3 is 2.22 bits per heavy atom. The van der Waals surface area contributed by atoms with Gasteiger partial charge in [-0.2, -0.15) is 0 Å². The number of carbonyl (C=O) groups excluding carboxylic acids is 1. The van der Waals surface area contributed by atoms with Gasteiger partial charge in [0.25, 0.3) is 0 Å². The molecule has 0 amide bonds. The van der Waals surface area contributed by atoms with Gasteiger partial charge in [0, 0.05) is 64.3 Å². The molecule has 3 saturated heterocycles. The van der Waals surface area contributed by atoms with Crippen molar-refractivity contribution in [1.29, 1.82) is 0 Å². The summed E-state index contributed by atoms with van der Waals surface area (Å²) in [6, 6.07) is 4.34. The molecule has 1 aromatic carbocycles. The van der Waals surface area contributed by atoms with Gasteiger partial charge in [-0.25, -0.2) is 17.5 Å². The number of methoxy groups -OCH3 is 2. The SMILES string of the molecule is CC[C@H]1OC(=O)[C@H](C)[C@@H](O[C@H]2C[C@@](C)(OC)[C@@H](O)[C@H](C)O2)[C@H](C)[C@@H](O[C@@H]2O[C@H](C)C[C@H](N(C)CCc3cn([C@H](CF)[C@H](OC)c4ccc(S(=O)(=O)CC5CC5)cc4)nn3)[C@H]2O)[C@](C)(O)C[C@@H](C)CN(C)[C@H](C)[C@@H](O)[C@]1(C)O. The van der Waals surface area contributed by atoms with Crippen molar-refractivity contribution >= 4 is 15.8 Å². The molecule has 5 N–H and O–H groups in total. The Kier molecular flexibility index (Phi) is 21.4. The molecule has 1 aliphatic carbocycles. The third-order valence-electron chi connectivity index (χ3n) is 17.2. The van der Waals surface area contributed by atoms with E-state index in [0.29, 0.717) is 37.2 Å². The molecule has 4 heterocycles. The van der Waals surface area contributed by atoms with Gasteiger partial charge in [-0.1, -0.05) is 38.1 Å². The van der Waals surface area contributed by atoms with Crippen LogP contribution in [0, 0.1) is 23.7 Å². The number of likely N-dealkylation sites (N-methyl/N-ethyl adjacent to an activating group) is 2. The Labute approximate surface area is 456 Å². The lowest BCUT2D eigenvalue weighted by atomic mass is 9.77. The first-order chi connectivity index (χ1) is 36.0. The Morgan fingerprint density at radius 1 is 0.961 bits per heavy atom. The number of aliphatic hydroxyl groups excluding tert-OH is 3. The van der Waals surface area contributed by atoms with E-state index in [2.05, 4.69) is 10.3 Å². The number of carbonyl (C=O) groups is 1. The molecular formula is C55H92FN5O15S. The predicted molar refractivity (Wildman–Crippen MR) is 283 cm³/mol. The van der Waals surface area contributed by atoms with E-state index in [9.17, 15) is 43.1 Å². The molecule has 0 radical (unpaired) electrons. The van der Waals surface area contributed by atoms with E-state index in [1.54, 1.807) is 66.8 Å². The van der Waals surface area contributed by atoms with Crippen LogP contribution in [-0.4, -0.2) is 209 Å². The number of aromatic nitrogens is 3. The number of rotatable bonds is 18. The van der Waals surface area contributed by atoms with Crippen LogP contribution < -0.4 is 0 Å². The molecular weight excluding hydrogens is 1020 g/mol. The van der Waals surface area contributed by atoms with Gasteiger partial charge >= 0.3 is 5.97 Å². The van der Waals surface area contributed by atoms with E-state index in [1.165, 1.54) is 38.0 Å². The van der Waals surface area contributed by atoms with Gasteiger partial charge in [0.1, 0.15) is 48.8 Å². The number of ether oxygens (including phenoxy) is 7. The summed E-state index contributed by atoms with van der Waals surface area (Å²) in [5.74, 6) is -2.63. The summed E-state index contributed by atoms with van der Waals surface area (Å²) in [6.45, 7) is 17.3. The maximum atomic E-state index is 14.9. The summed E-state index contributed by atoms with van der Waals surface area (Å²) in [4.78, 5) is 18.6. The molecule has 440 valence electrons. The standard InChI is InChI=1S/C55H92FN5O15S/c1-15-43-55(10,67)48(63)35(6)60(12)28-31(2)25-53(8,66)50(33(4)46(34(5)51(65)74-43)75-44-26-54(9,71-14)49(64)36(7)73-44)76-52-45(62)41(24-32(3)72-52)59(11)23-22-39-29-61(58-57-39)42(27-56)47(70-13)38-18-20-40(21-19-38)77(68,69)30-37-16-17-37/h18-21,29,31-37,41-50,52,62-64,66-67H,15-17,22-28,30H2,1-14H3/t31-,32-,33+,34-,35-,36+,41+,42-,43-,44+,45-,46+,47-,48-,49+,50-,52+,53-,54-,55-/m1/s1. The first-order valence-electron chi connectivity index (χ1n) is 27.6. The number of esters is 1. The van der Waals surface area contributed by atoms with Gasteiger partial charge in [-0.3, -0.25) is 4.79 Å². The number of halogens is 1. The number of aliphatic hydroxyl groups is 5. The fourth-order valence-corrected chi connectivity index (χ4v) is 13.8. The van der Waals surface area contributed by atoms with Crippen LogP contribution in [-0.2, 0) is 54.2 Å². The minimum atomic E-state index is -3.43. The molecule has 4 aliphatic rings. The molecule has 1 aromatic heterocycles. The van der Waals surface area contributed by atoms with E-state index >= 15 is 0 Å². The minimum absolute atomic E-state index is 0.0720. The molecule has 6 rings (SSSR count). The monoisotopic (exact) mass is 1110 g/mol. The maximum absolute atomic E-state index is 14.9. The number of hydrogen-bond donors (Lipinski definition) is 5. The van der Waals surface area contributed by atoms with Gasteiger partial charge in [-0.15, -0.1) is 5.10 Å². The summed E-state index contributed by atoms with van der Waals surface area (Å²) < 4.78 is 86.2. The average molecular weight is 1110 g/mol. The van der Waals surface area contributed by atoms with E-state index in [1.807, 2.05) is 37.7 Å². The lowest BCUT2D eigenvalue weighted by Crippen LogP contribution is -2.61. The molecule has 2 aromatic rings. The highest BCUT2D eigenvalue weighted by molar-refractivity contribution is 7.91. The van der Waals surface area contributed by atoms with E-state index < -0.39 is 137 Å². The number of nitrogens with zero attached hydrogens (tertiary/aromatic N) is 5. The predicted octanol–water partition coefficient (Wildman–Crippen LogP) is 4.19. The van der Waals surface area contributed by atoms with Gasteiger partial charge in [0.15, 0.2) is 22.4 Å². The fourth-order valence-electron chi connectivity index (χ4n) is 12.1. The normalized spacial score (nSPS) is 39.4. The van der Waals surface area contributed by atoms with Crippen LogP contribution in [0.4, 0.5) is 4.39 Å². The second-order valence-electron chi connectivity index (χ2n) is 23.8. The van der Waals surface area contributed by atoms with Crippen molar-refractivity contribution < 1.29 is 76.3 Å². The summed E-state index contributed by atoms with van der Waals surface area (Å²) in [6.07, 6.45) is -6.65. The van der Waals surface area contributed by atoms with Crippen molar-refractivity contribution in [1.82, 2.24) is 24.8 Å². The topological polar surface area (TPSA) is 254 Å². The van der Waals surface area contributed by atoms with Gasteiger partial charge < -0.3 is 68.5 Å². The van der Waals surface area contributed by atoms with Gasteiger partial charge in [0.2, 0.25) is 0 Å². The third kappa shape index (κ3) is 14.8. The van der Waals surface area contributed by atoms with Crippen LogP contribution in [0.1, 0.15) is 131 Å². The van der Waals surface area contributed by atoms with Crippen LogP contribution in [0.25, 0.3) is 0 Å². The van der Waals surface area contributed by atoms with E-state index in [0.717, 1.165) is 12.8 Å². The molecule has 77 heavy (non-hydrogen) atoms. The Balaban J connectivity index is 1.25. The van der Waals surface area contributed by atoms with Crippen LogP contribution >= 0.6 is 0 Å². The van der Waals surface area contributed by atoms with Gasteiger partial charge in [-0.05, 0) is 124 Å². The number of cyclic esters (lactones) is 1. The lowest BCUT2D eigenvalue weighted by Gasteiger charge is -2.49. The zero-order valence-corrected chi connectivity index (χ0v) is 48.7. The Bertz CT molecular complexity index is 2310. The summed E-state index contributed by atoms with van der Waals surface area (Å²) in [7, 11) is 3.19. The highest BCUT2D eigenvalue weighted by Crippen LogP contribution is 2.41. The summed E-state index contributed by atoms with van der Waals surface area (Å²) in [5, 5.41) is 68.5. The van der Waals surface area contributed by atoms with Crippen LogP contribution in [0.2, 0.25) is 0 Å². The highest BCUT2D eigenvalue weighted by Gasteiger charge is 2.53. The van der Waals surface area contributed by atoms with Crippen molar-refractivity contribution in [3.8, 4) is 0 Å². The molecule has 1 saturated carbocycles. The summed E-state index contributed by atoms with van der Waals surface area (Å²) >= 11 is 0. The van der Waals surface area contributed by atoms with Crippen LogP contribution in [0.3, 0.4) is 0 Å². The number of benzene rings is 1. The van der Waals surface area contributed by atoms with Crippen LogP contribution in [0.5, 0.6) is 0 Å². The molecule has 3 aliphatic heterocycles. The van der Waals surface area contributed by atoms with Crippen LogP contribution in [0.15, 0.2) is 35.4 Å². The number of hydrogen-bond acceptors (Lipinski definition) is 19. The van der Waals surface area contributed by atoms with E-state index in [4.69, 9.17) is 33.2 Å². The highest BCUT2D eigenvalue weighted by atomic mass is 32.2. The average Bonchev–Trinajstić information content (AvgIpc) is 4.07. The zero-order chi connectivity index (χ0) is 57.1. The van der Waals surface area contributed by atoms with Gasteiger partial charge in [0.05, 0.1) is 57.9 Å². The first-order valence-corrected chi connectivity index (χ1v) is 29.3. The number of alkyl halides is 1. The number of sulfone groups is 1. The third-order valence-corrected chi connectivity index (χ3v) is 19.1. The zero-order valence-electron chi connectivity index (χ0n) is 47.9. The quantitative estimate of drug-likeness (QED) is 0.131. The molecule has 0 unspecified atom stereocenters. The Hall–Kier alpha value is -2.81. The molecule has 20 nitrogen and oxygen atoms in total. The Morgan fingerprint density at radius 2 is 1.62 bits per heavy atom. The van der Waals surface area contributed by atoms with Crippen molar-refractivity contribution in [2.75, 3.05) is 53.8 Å². The minimum Gasteiger partial charge on any atom is -0.459 e. The fraction of sp³-hybridized carbons (Fsp3) is 0.836. The second-order valence-corrected chi connectivity index (χ2v) is 25.8. The van der Waals surface area contributed by atoms with Crippen molar-refractivity contribution in [3.63, 3.8) is 0 Å². The maximum Gasteiger partial charge on any atom is 0.311 e. The smallest absolute Gasteiger partial charge is 0.311 e. The first kappa shape index (κ1) is 63.4. The molecule has 0 bridgehead atoms. The van der Waals surface area contributed by atoms with Crippen molar-refractivity contribution in [2.24, 2.45) is 23.7 Å². The van der Waals surface area contributed by atoms with E-state index in [-0.39, 0.29) is 41.7 Å². The molecule has 20 atom stereocenters. The molecule has 0 spiro atoms. The molecule has 4 fully saturated rings. The molecule has 22 heteroatoms.